The Bertz CT molecular complexity index is 164. The third-order valence-corrected chi connectivity index (χ3v) is 2.58. The largest absolute Gasteiger partial charge is 0.393 e. The van der Waals surface area contributed by atoms with Crippen LogP contribution in [0.2, 0.25) is 0 Å². The third kappa shape index (κ3) is 4.27. The molecule has 1 amide bonds. The van der Waals surface area contributed by atoms with Crippen molar-refractivity contribution in [1.29, 1.82) is 0 Å². The van der Waals surface area contributed by atoms with Crippen LogP contribution >= 0.6 is 0 Å². The van der Waals surface area contributed by atoms with E-state index in [-0.39, 0.29) is 12.0 Å². The van der Waals surface area contributed by atoms with Gasteiger partial charge in [0.2, 0.25) is 5.91 Å². The second-order valence-corrected chi connectivity index (χ2v) is 3.99. The highest BCUT2D eigenvalue weighted by Gasteiger charge is 2.20. The van der Waals surface area contributed by atoms with Crippen LogP contribution in [0.15, 0.2) is 0 Å². The number of aliphatic hydroxyl groups is 1. The Kier molecular flexibility index (Phi) is 4.22. The Labute approximate surface area is 79.5 Å². The lowest BCUT2D eigenvalue weighted by Crippen LogP contribution is -2.29. The minimum absolute atomic E-state index is 0.144. The van der Waals surface area contributed by atoms with Crippen LogP contribution in [0, 0.1) is 5.92 Å². The molecule has 1 rings (SSSR count). The quantitative estimate of drug-likeness (QED) is 0.673. The summed E-state index contributed by atoms with van der Waals surface area (Å²) < 4.78 is 0. The van der Waals surface area contributed by atoms with E-state index in [0.717, 1.165) is 0 Å². The Morgan fingerprint density at radius 3 is 2.77 bits per heavy atom. The normalized spacial score (nSPS) is 19.2. The highest BCUT2D eigenvalue weighted by molar-refractivity contribution is 5.76. The molecule has 13 heavy (non-hydrogen) atoms. The van der Waals surface area contributed by atoms with E-state index in [0.29, 0.717) is 25.3 Å². The molecule has 0 bridgehead atoms. The summed E-state index contributed by atoms with van der Waals surface area (Å²) in [5, 5.41) is 11.8. The number of hydrogen-bond donors (Lipinski definition) is 2. The number of hydrogen-bond acceptors (Lipinski definition) is 2. The molecular weight excluding hydrogens is 166 g/mol. The fraction of sp³-hybridized carbons (Fsp3) is 0.900. The fourth-order valence-electron chi connectivity index (χ4n) is 1.45. The van der Waals surface area contributed by atoms with E-state index in [2.05, 4.69) is 5.32 Å². The Morgan fingerprint density at radius 2 is 2.31 bits per heavy atom. The van der Waals surface area contributed by atoms with E-state index in [1.807, 2.05) is 0 Å². The molecule has 0 spiro atoms. The predicted molar refractivity (Wildman–Crippen MR) is 51.3 cm³/mol. The van der Waals surface area contributed by atoms with Gasteiger partial charge in [0.15, 0.2) is 0 Å². The highest BCUT2D eigenvalue weighted by atomic mass is 16.3. The van der Waals surface area contributed by atoms with Gasteiger partial charge in [-0.05, 0) is 32.1 Å². The van der Waals surface area contributed by atoms with Crippen molar-refractivity contribution in [2.75, 3.05) is 6.54 Å². The second kappa shape index (κ2) is 5.22. The second-order valence-electron chi connectivity index (χ2n) is 3.99. The van der Waals surface area contributed by atoms with Crippen molar-refractivity contribution in [2.24, 2.45) is 5.92 Å². The molecule has 0 aromatic heterocycles. The molecule has 3 heteroatoms. The average Bonchev–Trinajstić information content (AvgIpc) is 1.96. The lowest BCUT2D eigenvalue weighted by molar-refractivity contribution is -0.122. The molecule has 2 N–H and O–H groups in total. The van der Waals surface area contributed by atoms with Crippen molar-refractivity contribution < 1.29 is 9.90 Å². The van der Waals surface area contributed by atoms with Gasteiger partial charge in [-0.25, -0.2) is 0 Å². The molecule has 0 heterocycles. The van der Waals surface area contributed by atoms with Crippen molar-refractivity contribution in [3.63, 3.8) is 0 Å². The van der Waals surface area contributed by atoms with Gasteiger partial charge in [0, 0.05) is 13.0 Å². The van der Waals surface area contributed by atoms with Crippen LogP contribution in [-0.2, 0) is 4.79 Å². The zero-order chi connectivity index (χ0) is 9.68. The van der Waals surface area contributed by atoms with Crippen LogP contribution in [0.3, 0.4) is 0 Å². The summed E-state index contributed by atoms with van der Waals surface area (Å²) in [6.45, 7) is 2.33. The summed E-state index contributed by atoms with van der Waals surface area (Å²) in [5.41, 5.74) is 0. The molecule has 0 saturated heterocycles. The van der Waals surface area contributed by atoms with Gasteiger partial charge in [-0.3, -0.25) is 4.79 Å². The molecule has 3 nitrogen and oxygen atoms in total. The molecular formula is C10H19NO2. The van der Waals surface area contributed by atoms with Gasteiger partial charge in [-0.1, -0.05) is 6.42 Å². The summed E-state index contributed by atoms with van der Waals surface area (Å²) in [6.07, 6.45) is 4.72. The SMILES string of the molecule is CC(O)CCNC(=O)CC1CCC1. The molecule has 1 fully saturated rings. The molecule has 1 saturated carbocycles. The fourth-order valence-corrected chi connectivity index (χ4v) is 1.45. The van der Waals surface area contributed by atoms with Gasteiger partial charge in [0.1, 0.15) is 0 Å². The number of nitrogens with one attached hydrogen (secondary N) is 1. The zero-order valence-electron chi connectivity index (χ0n) is 8.25. The maximum absolute atomic E-state index is 11.2. The standard InChI is InChI=1S/C10H19NO2/c1-8(12)5-6-11-10(13)7-9-3-2-4-9/h8-9,12H,2-7H2,1H3,(H,11,13). The van der Waals surface area contributed by atoms with E-state index in [1.165, 1.54) is 19.3 Å². The average molecular weight is 185 g/mol. The molecule has 1 unspecified atom stereocenters. The molecule has 1 aliphatic rings. The van der Waals surface area contributed by atoms with Crippen molar-refractivity contribution in [3.8, 4) is 0 Å². The smallest absolute Gasteiger partial charge is 0.220 e. The first kappa shape index (κ1) is 10.5. The van der Waals surface area contributed by atoms with Crippen molar-refractivity contribution >= 4 is 5.91 Å². The maximum atomic E-state index is 11.2. The number of rotatable bonds is 5. The van der Waals surface area contributed by atoms with E-state index in [4.69, 9.17) is 5.11 Å². The first-order chi connectivity index (χ1) is 6.18. The molecule has 0 aromatic carbocycles. The van der Waals surface area contributed by atoms with Crippen LogP contribution < -0.4 is 5.32 Å². The minimum atomic E-state index is -0.316. The highest BCUT2D eigenvalue weighted by Crippen LogP contribution is 2.28. The summed E-state index contributed by atoms with van der Waals surface area (Å²) in [5.74, 6) is 0.775. The third-order valence-electron chi connectivity index (χ3n) is 2.58. The van der Waals surface area contributed by atoms with Gasteiger partial charge < -0.3 is 10.4 Å². The van der Waals surface area contributed by atoms with E-state index in [1.54, 1.807) is 6.92 Å². The van der Waals surface area contributed by atoms with Gasteiger partial charge in [-0.15, -0.1) is 0 Å². The van der Waals surface area contributed by atoms with Crippen LogP contribution in [0.1, 0.15) is 39.0 Å². The number of amides is 1. The maximum Gasteiger partial charge on any atom is 0.220 e. The van der Waals surface area contributed by atoms with Crippen LogP contribution in [0.25, 0.3) is 0 Å². The summed E-state index contributed by atoms with van der Waals surface area (Å²) >= 11 is 0. The molecule has 76 valence electrons. The lowest BCUT2D eigenvalue weighted by atomic mass is 9.83. The van der Waals surface area contributed by atoms with Crippen molar-refractivity contribution in [1.82, 2.24) is 5.32 Å². The van der Waals surface area contributed by atoms with Gasteiger partial charge in [0.05, 0.1) is 6.10 Å². The van der Waals surface area contributed by atoms with Crippen molar-refractivity contribution in [3.05, 3.63) is 0 Å². The predicted octanol–water partition coefficient (Wildman–Crippen LogP) is 1.06. The Balaban J connectivity index is 1.97. The Morgan fingerprint density at radius 1 is 1.62 bits per heavy atom. The van der Waals surface area contributed by atoms with Crippen LogP contribution in [0.4, 0.5) is 0 Å². The topological polar surface area (TPSA) is 49.3 Å². The van der Waals surface area contributed by atoms with Gasteiger partial charge in [0.25, 0.3) is 0 Å². The zero-order valence-corrected chi connectivity index (χ0v) is 8.25. The summed E-state index contributed by atoms with van der Waals surface area (Å²) in [7, 11) is 0. The first-order valence-electron chi connectivity index (χ1n) is 5.13. The Hall–Kier alpha value is -0.570. The number of carbonyl (C=O) groups excluding carboxylic acids is 1. The van der Waals surface area contributed by atoms with Gasteiger partial charge in [-0.2, -0.15) is 0 Å². The number of aliphatic hydroxyl groups excluding tert-OH is 1. The molecule has 0 aliphatic heterocycles. The van der Waals surface area contributed by atoms with Crippen LogP contribution in [-0.4, -0.2) is 23.7 Å². The van der Waals surface area contributed by atoms with E-state index >= 15 is 0 Å². The molecule has 1 atom stereocenters. The first-order valence-corrected chi connectivity index (χ1v) is 5.13. The monoisotopic (exact) mass is 185 g/mol. The van der Waals surface area contributed by atoms with Crippen molar-refractivity contribution in [2.45, 2.75) is 45.1 Å². The molecule has 0 radical (unpaired) electrons. The van der Waals surface area contributed by atoms with Crippen LogP contribution in [0.5, 0.6) is 0 Å². The van der Waals surface area contributed by atoms with E-state index in [9.17, 15) is 4.79 Å². The van der Waals surface area contributed by atoms with E-state index < -0.39 is 0 Å². The van der Waals surface area contributed by atoms with Gasteiger partial charge >= 0.3 is 0 Å². The summed E-state index contributed by atoms with van der Waals surface area (Å²) in [6, 6.07) is 0. The lowest BCUT2D eigenvalue weighted by Gasteiger charge is -2.24. The summed E-state index contributed by atoms with van der Waals surface area (Å²) in [4.78, 5) is 11.2. The molecule has 1 aliphatic carbocycles. The minimum Gasteiger partial charge on any atom is -0.393 e. The number of carbonyl (C=O) groups is 1. The molecule has 0 aromatic rings.